The lowest BCUT2D eigenvalue weighted by Crippen LogP contribution is -2.31. The molecular weight excluding hydrogens is 478 g/mol. The van der Waals surface area contributed by atoms with Crippen LogP contribution in [0.4, 0.5) is 0 Å². The molecule has 4 aromatic rings. The van der Waals surface area contributed by atoms with Gasteiger partial charge in [-0.25, -0.2) is 0 Å². The second-order valence-electron chi connectivity index (χ2n) is 10.4. The molecule has 0 N–H and O–H groups in total. The van der Waals surface area contributed by atoms with E-state index in [2.05, 4.69) is 13.8 Å². The van der Waals surface area contributed by atoms with Crippen LogP contribution in [-0.4, -0.2) is 31.1 Å². The molecule has 196 valence electrons. The molecule has 5 rings (SSSR count). The molecule has 0 spiro atoms. The minimum Gasteiger partial charge on any atom is -0.493 e. The quantitative estimate of drug-likeness (QED) is 0.280. The fourth-order valence-electron chi connectivity index (χ4n) is 4.98. The van der Waals surface area contributed by atoms with Gasteiger partial charge in [0, 0.05) is 6.54 Å². The maximum Gasteiger partial charge on any atom is 0.290 e. The van der Waals surface area contributed by atoms with Gasteiger partial charge in [0.15, 0.2) is 16.9 Å². The zero-order valence-electron chi connectivity index (χ0n) is 22.5. The van der Waals surface area contributed by atoms with Gasteiger partial charge in [-0.1, -0.05) is 50.2 Å². The van der Waals surface area contributed by atoms with Crippen molar-refractivity contribution in [1.82, 2.24) is 4.90 Å². The Morgan fingerprint density at radius 1 is 0.947 bits per heavy atom. The Labute approximate surface area is 222 Å². The van der Waals surface area contributed by atoms with Crippen LogP contribution in [0.3, 0.4) is 0 Å². The molecule has 2 heterocycles. The predicted molar refractivity (Wildman–Crippen MR) is 148 cm³/mol. The SMILES string of the molecule is COc1cc(C2c3c(oc4cc(C)c(C)cc4c3=O)C(=O)N2CCc2ccccc2)ccc1OCC(C)C. The van der Waals surface area contributed by atoms with E-state index in [0.717, 1.165) is 22.3 Å². The van der Waals surface area contributed by atoms with Gasteiger partial charge in [-0.3, -0.25) is 9.59 Å². The minimum atomic E-state index is -0.600. The predicted octanol–water partition coefficient (Wildman–Crippen LogP) is 6.24. The van der Waals surface area contributed by atoms with Crippen molar-refractivity contribution >= 4 is 16.9 Å². The Bertz CT molecular complexity index is 1550. The number of aryl methyl sites for hydroxylation is 2. The first kappa shape index (κ1) is 25.6. The number of benzene rings is 3. The number of hydrogen-bond donors (Lipinski definition) is 0. The lowest BCUT2D eigenvalue weighted by molar-refractivity contribution is 0.0730. The van der Waals surface area contributed by atoms with Crippen molar-refractivity contribution < 1.29 is 18.7 Å². The normalized spacial score (nSPS) is 14.8. The van der Waals surface area contributed by atoms with E-state index in [1.165, 1.54) is 0 Å². The van der Waals surface area contributed by atoms with Crippen LogP contribution in [0.2, 0.25) is 0 Å². The molecule has 1 aliphatic rings. The van der Waals surface area contributed by atoms with Crippen molar-refractivity contribution in [3.8, 4) is 11.5 Å². The lowest BCUT2D eigenvalue weighted by Gasteiger charge is -2.26. The van der Waals surface area contributed by atoms with Crippen molar-refractivity contribution in [2.24, 2.45) is 5.92 Å². The number of carbonyl (C=O) groups is 1. The van der Waals surface area contributed by atoms with Crippen molar-refractivity contribution in [1.29, 1.82) is 0 Å². The molecule has 1 atom stereocenters. The third-order valence-corrected chi connectivity index (χ3v) is 7.14. The second kappa shape index (κ2) is 10.4. The molecule has 3 aromatic carbocycles. The van der Waals surface area contributed by atoms with Gasteiger partial charge in [0.05, 0.1) is 30.7 Å². The Morgan fingerprint density at radius 3 is 2.39 bits per heavy atom. The molecule has 6 heteroatoms. The van der Waals surface area contributed by atoms with Crippen LogP contribution in [0, 0.1) is 19.8 Å². The van der Waals surface area contributed by atoms with E-state index in [1.54, 1.807) is 12.0 Å². The molecule has 1 aromatic heterocycles. The van der Waals surface area contributed by atoms with Crippen LogP contribution in [0.15, 0.2) is 69.9 Å². The highest BCUT2D eigenvalue weighted by molar-refractivity contribution is 5.99. The number of ether oxygens (including phenoxy) is 2. The Balaban J connectivity index is 1.64. The molecule has 6 nitrogen and oxygen atoms in total. The summed E-state index contributed by atoms with van der Waals surface area (Å²) in [5, 5.41) is 0.485. The molecule has 0 saturated heterocycles. The van der Waals surface area contributed by atoms with Crippen molar-refractivity contribution in [2.45, 2.75) is 40.2 Å². The number of rotatable bonds is 8. The van der Waals surface area contributed by atoms with Crippen molar-refractivity contribution in [3.05, 3.63) is 104 Å². The Morgan fingerprint density at radius 2 is 1.68 bits per heavy atom. The highest BCUT2D eigenvalue weighted by Crippen LogP contribution is 2.41. The van der Waals surface area contributed by atoms with Crippen molar-refractivity contribution in [3.63, 3.8) is 0 Å². The van der Waals surface area contributed by atoms with Gasteiger partial charge in [0.25, 0.3) is 5.91 Å². The van der Waals surface area contributed by atoms with Gasteiger partial charge >= 0.3 is 0 Å². The first-order valence-electron chi connectivity index (χ1n) is 13.0. The Hall–Kier alpha value is -4.06. The van der Waals surface area contributed by atoms with E-state index >= 15 is 0 Å². The van der Waals surface area contributed by atoms with E-state index in [0.29, 0.717) is 53.5 Å². The number of methoxy groups -OCH3 is 1. The average Bonchev–Trinajstić information content (AvgIpc) is 3.19. The van der Waals surface area contributed by atoms with Gasteiger partial charge < -0.3 is 18.8 Å². The summed E-state index contributed by atoms with van der Waals surface area (Å²) >= 11 is 0. The molecule has 0 saturated carbocycles. The average molecular weight is 512 g/mol. The standard InChI is InChI=1S/C32H33NO5/c1-19(2)18-37-25-12-11-23(17-27(25)36-5)29-28-30(34)24-15-20(3)21(4)16-26(24)38-31(28)32(35)33(29)14-13-22-9-7-6-8-10-22/h6-12,15-17,19,29H,13-14,18H2,1-5H3. The van der Waals surface area contributed by atoms with Crippen LogP contribution in [0.5, 0.6) is 11.5 Å². The number of amides is 1. The van der Waals surface area contributed by atoms with Crippen LogP contribution in [0.25, 0.3) is 11.0 Å². The van der Waals surface area contributed by atoms with Gasteiger partial charge in [-0.2, -0.15) is 0 Å². The molecule has 1 unspecified atom stereocenters. The molecule has 1 amide bonds. The second-order valence-corrected chi connectivity index (χ2v) is 10.4. The highest BCUT2D eigenvalue weighted by Gasteiger charge is 2.42. The van der Waals surface area contributed by atoms with Gasteiger partial charge in [-0.15, -0.1) is 0 Å². The van der Waals surface area contributed by atoms with Crippen molar-refractivity contribution in [2.75, 3.05) is 20.3 Å². The molecular formula is C32H33NO5. The van der Waals surface area contributed by atoms with Gasteiger partial charge in [0.1, 0.15) is 5.58 Å². The zero-order valence-corrected chi connectivity index (χ0v) is 22.5. The van der Waals surface area contributed by atoms with E-state index in [1.807, 2.05) is 74.5 Å². The largest absolute Gasteiger partial charge is 0.493 e. The molecule has 0 radical (unpaired) electrons. The first-order valence-corrected chi connectivity index (χ1v) is 13.0. The van der Waals surface area contributed by atoms with Crippen LogP contribution in [-0.2, 0) is 6.42 Å². The summed E-state index contributed by atoms with van der Waals surface area (Å²) in [6, 6.07) is 18.7. The molecule has 0 fully saturated rings. The monoisotopic (exact) mass is 511 g/mol. The first-order chi connectivity index (χ1) is 18.3. The number of hydrogen-bond acceptors (Lipinski definition) is 5. The van der Waals surface area contributed by atoms with Crippen LogP contribution in [0.1, 0.15) is 58.3 Å². The number of carbonyl (C=O) groups excluding carboxylic acids is 1. The third-order valence-electron chi connectivity index (χ3n) is 7.14. The fourth-order valence-corrected chi connectivity index (χ4v) is 4.98. The molecule has 0 aliphatic carbocycles. The van der Waals surface area contributed by atoms with E-state index < -0.39 is 6.04 Å². The van der Waals surface area contributed by atoms with Crippen LogP contribution < -0.4 is 14.9 Å². The van der Waals surface area contributed by atoms with Gasteiger partial charge in [-0.05, 0) is 72.7 Å². The highest BCUT2D eigenvalue weighted by atomic mass is 16.5. The summed E-state index contributed by atoms with van der Waals surface area (Å²) in [6.07, 6.45) is 0.649. The molecule has 1 aliphatic heterocycles. The van der Waals surface area contributed by atoms with E-state index in [4.69, 9.17) is 13.9 Å². The summed E-state index contributed by atoms with van der Waals surface area (Å²) in [7, 11) is 1.59. The maximum absolute atomic E-state index is 13.9. The smallest absolute Gasteiger partial charge is 0.290 e. The summed E-state index contributed by atoms with van der Waals surface area (Å²) < 4.78 is 17.8. The molecule has 38 heavy (non-hydrogen) atoms. The Kier molecular flexibility index (Phi) is 6.98. The summed E-state index contributed by atoms with van der Waals surface area (Å²) in [5.74, 6) is 1.38. The van der Waals surface area contributed by atoms with E-state index in [-0.39, 0.29) is 17.1 Å². The number of fused-ring (bicyclic) bond motifs is 2. The summed E-state index contributed by atoms with van der Waals surface area (Å²) in [4.78, 5) is 29.5. The van der Waals surface area contributed by atoms with Gasteiger partial charge in [0.2, 0.25) is 5.76 Å². The number of nitrogens with zero attached hydrogens (tertiary/aromatic N) is 1. The zero-order chi connectivity index (χ0) is 27.0. The molecule has 0 bridgehead atoms. The topological polar surface area (TPSA) is 69.0 Å². The third kappa shape index (κ3) is 4.67. The fraction of sp³-hybridized carbons (Fsp3) is 0.312. The van der Waals surface area contributed by atoms with E-state index in [9.17, 15) is 9.59 Å². The maximum atomic E-state index is 13.9. The lowest BCUT2D eigenvalue weighted by atomic mass is 9.97. The van der Waals surface area contributed by atoms with Crippen LogP contribution >= 0.6 is 0 Å². The summed E-state index contributed by atoms with van der Waals surface area (Å²) in [5.41, 5.74) is 4.52. The minimum absolute atomic E-state index is 0.114. The summed E-state index contributed by atoms with van der Waals surface area (Å²) in [6.45, 7) is 9.08.